The van der Waals surface area contributed by atoms with E-state index in [1.165, 1.54) is 0 Å². The van der Waals surface area contributed by atoms with Gasteiger partial charge in [0.25, 0.3) is 0 Å². The van der Waals surface area contributed by atoms with Gasteiger partial charge in [-0.3, -0.25) is 0 Å². The third-order valence-electron chi connectivity index (χ3n) is 1.43. The minimum absolute atomic E-state index is 0.827. The Morgan fingerprint density at radius 1 is 0.846 bits per heavy atom. The summed E-state index contributed by atoms with van der Waals surface area (Å²) < 4.78 is 50.2. The molecule has 0 aromatic heterocycles. The summed E-state index contributed by atoms with van der Waals surface area (Å²) >= 11 is 10.2. The lowest BCUT2D eigenvalue weighted by molar-refractivity contribution is 0.434. The molecular formula is C7H2Cl2F4. The van der Waals surface area contributed by atoms with Crippen LogP contribution in [-0.4, -0.2) is 0 Å². The van der Waals surface area contributed by atoms with Crippen molar-refractivity contribution in [3.8, 4) is 0 Å². The number of hydrogen-bond donors (Lipinski definition) is 0. The highest BCUT2D eigenvalue weighted by molar-refractivity contribution is 6.35. The van der Waals surface area contributed by atoms with E-state index >= 15 is 0 Å². The second-order valence-corrected chi connectivity index (χ2v) is 2.94. The van der Waals surface area contributed by atoms with Crippen LogP contribution in [0.4, 0.5) is 17.6 Å². The predicted octanol–water partition coefficient (Wildman–Crippen LogP) is 3.88. The molecule has 0 aliphatic carbocycles. The van der Waals surface area contributed by atoms with Crippen LogP contribution in [0.25, 0.3) is 0 Å². The van der Waals surface area contributed by atoms with E-state index < -0.39 is 39.7 Å². The molecule has 1 aromatic rings. The first kappa shape index (κ1) is 10.6. The van der Waals surface area contributed by atoms with Crippen molar-refractivity contribution in [3.05, 3.63) is 33.1 Å². The SMILES string of the molecule is FCc1c(F)c(F)c(Cl)c(F)c1Cl. The highest BCUT2D eigenvalue weighted by atomic mass is 35.5. The second kappa shape index (κ2) is 3.72. The molecule has 0 aliphatic rings. The van der Waals surface area contributed by atoms with Crippen molar-refractivity contribution in [2.45, 2.75) is 6.67 Å². The van der Waals surface area contributed by atoms with Gasteiger partial charge in [-0.1, -0.05) is 23.2 Å². The molecule has 0 saturated heterocycles. The Morgan fingerprint density at radius 3 is 1.85 bits per heavy atom. The van der Waals surface area contributed by atoms with Crippen LogP contribution in [-0.2, 0) is 6.67 Å². The Kier molecular flexibility index (Phi) is 3.03. The standard InChI is InChI=1S/C7H2Cl2F4/c8-3-2(1-10)5(11)7(13)4(9)6(3)12/h1H2. The summed E-state index contributed by atoms with van der Waals surface area (Å²) in [5.41, 5.74) is -0.860. The van der Waals surface area contributed by atoms with Crippen molar-refractivity contribution in [2.24, 2.45) is 0 Å². The van der Waals surface area contributed by atoms with Crippen LogP contribution in [0, 0.1) is 17.5 Å². The largest absolute Gasteiger partial charge is 0.246 e. The molecule has 1 rings (SSSR count). The zero-order valence-electron chi connectivity index (χ0n) is 5.97. The number of alkyl halides is 1. The van der Waals surface area contributed by atoms with Crippen LogP contribution in [0.3, 0.4) is 0 Å². The zero-order chi connectivity index (χ0) is 10.2. The second-order valence-electron chi connectivity index (χ2n) is 2.18. The van der Waals surface area contributed by atoms with Crippen LogP contribution in [0.2, 0.25) is 10.0 Å². The monoisotopic (exact) mass is 232 g/mol. The van der Waals surface area contributed by atoms with Gasteiger partial charge in [0.05, 0.1) is 5.02 Å². The number of benzene rings is 1. The maximum atomic E-state index is 12.8. The van der Waals surface area contributed by atoms with E-state index in [1.807, 2.05) is 0 Å². The molecule has 6 heteroatoms. The first-order chi connectivity index (χ1) is 6.00. The van der Waals surface area contributed by atoms with Crippen molar-refractivity contribution in [1.29, 1.82) is 0 Å². The Morgan fingerprint density at radius 2 is 1.38 bits per heavy atom. The van der Waals surface area contributed by atoms with Crippen LogP contribution < -0.4 is 0 Å². The molecule has 1 aromatic carbocycles. The van der Waals surface area contributed by atoms with Crippen molar-refractivity contribution in [2.75, 3.05) is 0 Å². The quantitative estimate of drug-likeness (QED) is 0.392. The van der Waals surface area contributed by atoms with Crippen molar-refractivity contribution >= 4 is 23.2 Å². The summed E-state index contributed by atoms with van der Waals surface area (Å²) in [6.45, 7) is -1.39. The van der Waals surface area contributed by atoms with Gasteiger partial charge in [0, 0.05) is 5.56 Å². The van der Waals surface area contributed by atoms with Gasteiger partial charge in [-0.25, -0.2) is 17.6 Å². The van der Waals surface area contributed by atoms with Crippen LogP contribution >= 0.6 is 23.2 Å². The molecular weight excluding hydrogens is 231 g/mol. The van der Waals surface area contributed by atoms with E-state index in [0.717, 1.165) is 0 Å². The third kappa shape index (κ3) is 1.60. The van der Waals surface area contributed by atoms with E-state index in [2.05, 4.69) is 0 Å². The zero-order valence-corrected chi connectivity index (χ0v) is 7.49. The van der Waals surface area contributed by atoms with Gasteiger partial charge in [0.2, 0.25) is 0 Å². The summed E-state index contributed by atoms with van der Waals surface area (Å²) in [6, 6.07) is 0. The van der Waals surface area contributed by atoms with Gasteiger partial charge in [0.1, 0.15) is 11.7 Å². The van der Waals surface area contributed by atoms with E-state index in [-0.39, 0.29) is 0 Å². The molecule has 0 unspecified atom stereocenters. The minimum atomic E-state index is -1.63. The van der Waals surface area contributed by atoms with Crippen molar-refractivity contribution in [3.63, 3.8) is 0 Å². The molecule has 72 valence electrons. The number of hydrogen-bond acceptors (Lipinski definition) is 0. The van der Waals surface area contributed by atoms with Gasteiger partial charge in [-0.15, -0.1) is 0 Å². The van der Waals surface area contributed by atoms with E-state index in [4.69, 9.17) is 23.2 Å². The van der Waals surface area contributed by atoms with Gasteiger partial charge < -0.3 is 0 Å². The van der Waals surface area contributed by atoms with Crippen LogP contribution in [0.15, 0.2) is 0 Å². The predicted molar refractivity (Wildman–Crippen MR) is 41.1 cm³/mol. The molecule has 0 saturated carbocycles. The first-order valence-corrected chi connectivity index (χ1v) is 3.82. The topological polar surface area (TPSA) is 0 Å². The molecule has 0 N–H and O–H groups in total. The fraction of sp³-hybridized carbons (Fsp3) is 0.143. The van der Waals surface area contributed by atoms with Gasteiger partial charge in [0.15, 0.2) is 17.5 Å². The summed E-state index contributed by atoms with van der Waals surface area (Å²) in [7, 11) is 0. The molecule has 0 radical (unpaired) electrons. The Bertz CT molecular complexity index is 322. The van der Waals surface area contributed by atoms with Crippen molar-refractivity contribution < 1.29 is 17.6 Å². The summed E-state index contributed by atoms with van der Waals surface area (Å²) in [6.07, 6.45) is 0. The third-order valence-corrected chi connectivity index (χ3v) is 2.16. The van der Waals surface area contributed by atoms with Gasteiger partial charge in [-0.05, 0) is 0 Å². The summed E-state index contributed by atoms with van der Waals surface area (Å²) in [5.74, 6) is -4.54. The molecule has 0 atom stereocenters. The maximum Gasteiger partial charge on any atom is 0.180 e. The van der Waals surface area contributed by atoms with E-state index in [9.17, 15) is 17.6 Å². The molecule has 0 nitrogen and oxygen atoms in total. The molecule has 13 heavy (non-hydrogen) atoms. The highest BCUT2D eigenvalue weighted by Gasteiger charge is 2.22. The normalized spacial score (nSPS) is 10.6. The molecule has 0 spiro atoms. The van der Waals surface area contributed by atoms with E-state index in [0.29, 0.717) is 0 Å². The maximum absolute atomic E-state index is 12.8. The Hall–Kier alpha value is -0.480. The average molecular weight is 233 g/mol. The fourth-order valence-electron chi connectivity index (χ4n) is 0.768. The highest BCUT2D eigenvalue weighted by Crippen LogP contribution is 2.32. The van der Waals surface area contributed by atoms with E-state index in [1.54, 1.807) is 0 Å². The Balaban J connectivity index is 3.56. The molecule has 0 bridgehead atoms. The molecule has 0 heterocycles. The van der Waals surface area contributed by atoms with Crippen LogP contribution in [0.5, 0.6) is 0 Å². The van der Waals surface area contributed by atoms with Crippen LogP contribution in [0.1, 0.15) is 5.56 Å². The smallest absolute Gasteiger partial charge is 0.180 e. The fourth-order valence-corrected chi connectivity index (χ4v) is 1.22. The number of halogens is 6. The van der Waals surface area contributed by atoms with Crippen molar-refractivity contribution in [1.82, 2.24) is 0 Å². The lowest BCUT2D eigenvalue weighted by Crippen LogP contribution is -1.98. The average Bonchev–Trinajstić information content (AvgIpc) is 2.13. The lowest BCUT2D eigenvalue weighted by Gasteiger charge is -2.05. The summed E-state index contributed by atoms with van der Waals surface area (Å²) in [4.78, 5) is 0. The Labute approximate surface area is 81.1 Å². The lowest BCUT2D eigenvalue weighted by atomic mass is 10.2. The van der Waals surface area contributed by atoms with Gasteiger partial charge >= 0.3 is 0 Å². The molecule has 0 amide bonds. The van der Waals surface area contributed by atoms with Gasteiger partial charge in [-0.2, -0.15) is 0 Å². The minimum Gasteiger partial charge on any atom is -0.246 e. The first-order valence-electron chi connectivity index (χ1n) is 3.07. The molecule has 0 fully saturated rings. The number of rotatable bonds is 1. The summed E-state index contributed by atoms with van der Waals surface area (Å²) in [5, 5.41) is -1.90. The molecule has 0 aliphatic heterocycles.